The molecule has 0 fully saturated rings. The third kappa shape index (κ3) is 5.60. The van der Waals surface area contributed by atoms with Gasteiger partial charge in [-0.15, -0.1) is 11.3 Å². The fourth-order valence-corrected chi connectivity index (χ4v) is 4.05. The van der Waals surface area contributed by atoms with Crippen molar-refractivity contribution in [3.05, 3.63) is 86.3 Å². The number of esters is 1. The summed E-state index contributed by atoms with van der Waals surface area (Å²) in [6.07, 6.45) is 3.36. The van der Waals surface area contributed by atoms with Crippen molar-refractivity contribution in [2.75, 3.05) is 11.9 Å². The van der Waals surface area contributed by atoms with E-state index in [1.54, 1.807) is 35.7 Å². The van der Waals surface area contributed by atoms with Gasteiger partial charge >= 0.3 is 5.97 Å². The van der Waals surface area contributed by atoms with Gasteiger partial charge in [0.15, 0.2) is 0 Å². The van der Waals surface area contributed by atoms with Gasteiger partial charge in [-0.3, -0.25) is 14.9 Å². The Balaban J connectivity index is 1.88. The summed E-state index contributed by atoms with van der Waals surface area (Å²) >= 11 is 7.50. The first kappa shape index (κ1) is 23.2. The lowest BCUT2D eigenvalue weighted by Crippen LogP contribution is -2.13. The normalized spacial score (nSPS) is 10.8. The van der Waals surface area contributed by atoms with E-state index in [9.17, 15) is 19.7 Å². The number of ether oxygens (including phenoxy) is 1. The Hall–Kier alpha value is -3.49. The second kappa shape index (κ2) is 10.7. The Morgan fingerprint density at radius 2 is 1.97 bits per heavy atom. The topological polar surface area (TPSA) is 98.5 Å². The molecule has 0 bridgehead atoms. The predicted molar refractivity (Wildman–Crippen MR) is 126 cm³/mol. The molecule has 0 radical (unpaired) electrons. The van der Waals surface area contributed by atoms with Crippen molar-refractivity contribution >= 4 is 51.6 Å². The van der Waals surface area contributed by atoms with Crippen LogP contribution >= 0.6 is 22.9 Å². The summed E-state index contributed by atoms with van der Waals surface area (Å²) in [7, 11) is 0. The summed E-state index contributed by atoms with van der Waals surface area (Å²) in [4.78, 5) is 35.7. The van der Waals surface area contributed by atoms with Gasteiger partial charge in [0, 0.05) is 39.7 Å². The van der Waals surface area contributed by atoms with Gasteiger partial charge < -0.3 is 10.1 Å². The van der Waals surface area contributed by atoms with Crippen LogP contribution < -0.4 is 5.32 Å². The van der Waals surface area contributed by atoms with Gasteiger partial charge in [0.2, 0.25) is 5.91 Å². The number of carbonyl (C=O) groups excluding carboxylic acids is 2. The molecule has 0 spiro atoms. The number of non-ortho nitro benzene ring substituents is 1. The smallest absolute Gasteiger partial charge is 0.341 e. The summed E-state index contributed by atoms with van der Waals surface area (Å²) in [5.74, 6) is -1.05. The molecule has 2 aromatic carbocycles. The molecule has 9 heteroatoms. The minimum Gasteiger partial charge on any atom is -0.462 e. The quantitative estimate of drug-likeness (QED) is 0.183. The van der Waals surface area contributed by atoms with E-state index < -0.39 is 16.8 Å². The van der Waals surface area contributed by atoms with Gasteiger partial charge in [-0.2, -0.15) is 0 Å². The van der Waals surface area contributed by atoms with Crippen molar-refractivity contribution in [1.29, 1.82) is 0 Å². The molecule has 1 aromatic heterocycles. The number of hydrogen-bond donors (Lipinski definition) is 1. The summed E-state index contributed by atoms with van der Waals surface area (Å²) in [6.45, 7) is 2.13. The van der Waals surface area contributed by atoms with Crippen molar-refractivity contribution < 1.29 is 19.2 Å². The van der Waals surface area contributed by atoms with Crippen LogP contribution in [0.1, 0.15) is 29.3 Å². The third-order valence-corrected chi connectivity index (χ3v) is 5.57. The highest BCUT2D eigenvalue weighted by Crippen LogP contribution is 2.39. The lowest BCUT2D eigenvalue weighted by atomic mass is 10.0. The fraction of sp³-hybridized carbons (Fsp3) is 0.130. The number of rotatable bonds is 8. The van der Waals surface area contributed by atoms with Gasteiger partial charge in [-0.1, -0.05) is 48.9 Å². The Morgan fingerprint density at radius 3 is 2.69 bits per heavy atom. The molecule has 1 N–H and O–H groups in total. The van der Waals surface area contributed by atoms with Gasteiger partial charge in [-0.05, 0) is 24.1 Å². The average molecular weight is 471 g/mol. The molecule has 0 saturated carbocycles. The van der Waals surface area contributed by atoms with Crippen LogP contribution in [0.15, 0.2) is 60.0 Å². The zero-order valence-corrected chi connectivity index (χ0v) is 18.6. The predicted octanol–water partition coefficient (Wildman–Crippen LogP) is 6.20. The first-order valence-electron chi connectivity index (χ1n) is 9.67. The van der Waals surface area contributed by atoms with Gasteiger partial charge in [0.1, 0.15) is 10.6 Å². The molecule has 7 nitrogen and oxygen atoms in total. The van der Waals surface area contributed by atoms with E-state index in [2.05, 4.69) is 5.32 Å². The molecule has 0 aliphatic heterocycles. The van der Waals surface area contributed by atoms with E-state index in [-0.39, 0.29) is 17.9 Å². The van der Waals surface area contributed by atoms with Gasteiger partial charge in [0.25, 0.3) is 5.69 Å². The van der Waals surface area contributed by atoms with Crippen molar-refractivity contribution in [3.8, 4) is 11.1 Å². The summed E-state index contributed by atoms with van der Waals surface area (Å²) in [5.41, 5.74) is 1.88. The first-order valence-corrected chi connectivity index (χ1v) is 10.9. The van der Waals surface area contributed by atoms with Crippen LogP contribution in [-0.4, -0.2) is 23.4 Å². The fourth-order valence-electron chi connectivity index (χ4n) is 2.86. The van der Waals surface area contributed by atoms with E-state index >= 15 is 0 Å². The summed E-state index contributed by atoms with van der Waals surface area (Å²) < 4.78 is 5.32. The number of hydrogen-bond acceptors (Lipinski definition) is 6. The molecule has 3 aromatic rings. The van der Waals surface area contributed by atoms with E-state index in [0.717, 1.165) is 0 Å². The second-order valence-corrected chi connectivity index (χ2v) is 7.93. The standard InChI is InChI=1S/C23H19ClN2O5S/c1-2-12-31-23(28)21-18(17-8-3-4-9-19(17)24)14-32-22(21)25-20(27)11-10-15-6-5-7-16(13-15)26(29)30/h3-11,13-14H,2,12H2,1H3,(H,25,27)/b11-10-. The second-order valence-electron chi connectivity index (χ2n) is 6.64. The molecule has 0 aliphatic carbocycles. The first-order chi connectivity index (χ1) is 15.4. The highest BCUT2D eigenvalue weighted by molar-refractivity contribution is 7.15. The average Bonchev–Trinajstić information content (AvgIpc) is 3.19. The maximum Gasteiger partial charge on any atom is 0.341 e. The molecule has 1 amide bonds. The van der Waals surface area contributed by atoms with Crippen LogP contribution in [0, 0.1) is 10.1 Å². The minimum atomic E-state index is -0.555. The molecule has 0 atom stereocenters. The maximum absolute atomic E-state index is 12.8. The number of thiophene rings is 1. The third-order valence-electron chi connectivity index (χ3n) is 4.34. The SMILES string of the molecule is CCCOC(=O)c1c(-c2ccccc2Cl)csc1NC(=O)/C=C\c1cccc([N+](=O)[O-])c1. The van der Waals surface area contributed by atoms with Crippen LogP contribution in [0.3, 0.4) is 0 Å². The van der Waals surface area contributed by atoms with Crippen LogP contribution in [0.4, 0.5) is 10.7 Å². The Bertz CT molecular complexity index is 1190. The van der Waals surface area contributed by atoms with Crippen LogP contribution in [0.5, 0.6) is 0 Å². The molecule has 32 heavy (non-hydrogen) atoms. The number of nitrogens with zero attached hydrogens (tertiary/aromatic N) is 1. The molecular formula is C23H19ClN2O5S. The minimum absolute atomic E-state index is 0.0730. The molecule has 164 valence electrons. The summed E-state index contributed by atoms with van der Waals surface area (Å²) in [6, 6.07) is 13.0. The van der Waals surface area contributed by atoms with E-state index in [0.29, 0.717) is 33.1 Å². The number of anilines is 1. The Labute approximate surface area is 193 Å². The Morgan fingerprint density at radius 1 is 1.19 bits per heavy atom. The Kier molecular flexibility index (Phi) is 7.75. The highest BCUT2D eigenvalue weighted by atomic mass is 35.5. The molecular weight excluding hydrogens is 452 g/mol. The van der Waals surface area contributed by atoms with Crippen molar-refractivity contribution in [2.24, 2.45) is 0 Å². The lowest BCUT2D eigenvalue weighted by Gasteiger charge is -2.09. The van der Waals surface area contributed by atoms with Gasteiger partial charge in [-0.25, -0.2) is 4.79 Å². The molecule has 0 unspecified atom stereocenters. The lowest BCUT2D eigenvalue weighted by molar-refractivity contribution is -0.384. The van der Waals surface area contributed by atoms with Crippen molar-refractivity contribution in [3.63, 3.8) is 0 Å². The number of carbonyl (C=O) groups is 2. The zero-order chi connectivity index (χ0) is 23.1. The maximum atomic E-state index is 12.8. The van der Waals surface area contributed by atoms with E-state index in [1.165, 1.54) is 41.7 Å². The van der Waals surface area contributed by atoms with E-state index in [4.69, 9.17) is 16.3 Å². The largest absolute Gasteiger partial charge is 0.462 e. The molecule has 3 rings (SSSR count). The number of amides is 1. The monoisotopic (exact) mass is 470 g/mol. The van der Waals surface area contributed by atoms with Crippen LogP contribution in [-0.2, 0) is 9.53 Å². The molecule has 0 aliphatic rings. The number of benzene rings is 2. The van der Waals surface area contributed by atoms with Crippen LogP contribution in [0.25, 0.3) is 17.2 Å². The molecule has 1 heterocycles. The number of halogens is 1. The molecule has 0 saturated heterocycles. The highest BCUT2D eigenvalue weighted by Gasteiger charge is 2.23. The van der Waals surface area contributed by atoms with Crippen LogP contribution in [0.2, 0.25) is 5.02 Å². The summed E-state index contributed by atoms with van der Waals surface area (Å²) in [5, 5.41) is 16.1. The number of nitro benzene ring substituents is 1. The van der Waals surface area contributed by atoms with E-state index in [1.807, 2.05) is 6.92 Å². The van der Waals surface area contributed by atoms with Gasteiger partial charge in [0.05, 0.1) is 11.5 Å². The number of nitro groups is 1. The zero-order valence-electron chi connectivity index (χ0n) is 17.0. The van der Waals surface area contributed by atoms with Crippen molar-refractivity contribution in [2.45, 2.75) is 13.3 Å². The van der Waals surface area contributed by atoms with Crippen molar-refractivity contribution in [1.82, 2.24) is 0 Å². The number of nitrogens with one attached hydrogen (secondary N) is 1.